The molecular weight excluding hydrogens is 204 g/mol. The van der Waals surface area contributed by atoms with Crippen LogP contribution in [0.4, 0.5) is 0 Å². The molecule has 0 aromatic carbocycles. The molecule has 0 spiro atoms. The SMILES string of the molecule is CC(C)CC1CSC(=NCC2CCC2)N1. The lowest BCUT2D eigenvalue weighted by molar-refractivity contribution is 0.326. The summed E-state index contributed by atoms with van der Waals surface area (Å²) in [5.74, 6) is 2.89. The Labute approximate surface area is 97.3 Å². The molecule has 1 aliphatic heterocycles. The van der Waals surface area contributed by atoms with Gasteiger partial charge in [0.2, 0.25) is 0 Å². The fourth-order valence-electron chi connectivity index (χ4n) is 2.11. The quantitative estimate of drug-likeness (QED) is 0.797. The van der Waals surface area contributed by atoms with E-state index in [2.05, 4.69) is 24.2 Å². The number of nitrogens with zero attached hydrogens (tertiary/aromatic N) is 1. The third-order valence-corrected chi connectivity index (χ3v) is 4.31. The van der Waals surface area contributed by atoms with E-state index < -0.39 is 0 Å². The van der Waals surface area contributed by atoms with Gasteiger partial charge < -0.3 is 5.32 Å². The summed E-state index contributed by atoms with van der Waals surface area (Å²) in [6.45, 7) is 5.63. The second-order valence-electron chi connectivity index (χ2n) is 5.22. The van der Waals surface area contributed by atoms with Crippen LogP contribution in [0.2, 0.25) is 0 Å². The van der Waals surface area contributed by atoms with Crippen molar-refractivity contribution in [1.29, 1.82) is 0 Å². The van der Waals surface area contributed by atoms with Crippen LogP contribution in [0, 0.1) is 11.8 Å². The summed E-state index contributed by atoms with van der Waals surface area (Å²) < 4.78 is 0. The molecule has 1 saturated carbocycles. The van der Waals surface area contributed by atoms with Gasteiger partial charge in [0.15, 0.2) is 5.17 Å². The van der Waals surface area contributed by atoms with Gasteiger partial charge in [-0.2, -0.15) is 0 Å². The van der Waals surface area contributed by atoms with E-state index in [-0.39, 0.29) is 0 Å². The Morgan fingerprint density at radius 1 is 1.47 bits per heavy atom. The summed E-state index contributed by atoms with van der Waals surface area (Å²) in [5, 5.41) is 4.74. The lowest BCUT2D eigenvalue weighted by Gasteiger charge is -2.23. The molecule has 0 bridgehead atoms. The van der Waals surface area contributed by atoms with Gasteiger partial charge in [-0.25, -0.2) is 0 Å². The van der Waals surface area contributed by atoms with Crippen LogP contribution in [0.15, 0.2) is 4.99 Å². The topological polar surface area (TPSA) is 24.4 Å². The summed E-state index contributed by atoms with van der Waals surface area (Å²) in [4.78, 5) is 4.67. The van der Waals surface area contributed by atoms with Crippen molar-refractivity contribution < 1.29 is 0 Å². The van der Waals surface area contributed by atoms with E-state index in [1.165, 1.54) is 36.6 Å². The van der Waals surface area contributed by atoms with E-state index in [9.17, 15) is 0 Å². The van der Waals surface area contributed by atoms with E-state index in [1.54, 1.807) is 0 Å². The van der Waals surface area contributed by atoms with Crippen molar-refractivity contribution in [2.45, 2.75) is 45.6 Å². The summed E-state index contributed by atoms with van der Waals surface area (Å²) >= 11 is 1.91. The molecule has 2 rings (SSSR count). The lowest BCUT2D eigenvalue weighted by atomic mass is 9.86. The van der Waals surface area contributed by atoms with E-state index in [0.717, 1.165) is 18.4 Å². The second kappa shape index (κ2) is 5.24. The van der Waals surface area contributed by atoms with Crippen LogP contribution in [0.5, 0.6) is 0 Å². The Morgan fingerprint density at radius 3 is 2.87 bits per heavy atom. The zero-order valence-corrected chi connectivity index (χ0v) is 10.6. The predicted molar refractivity (Wildman–Crippen MR) is 68.5 cm³/mol. The van der Waals surface area contributed by atoms with Gasteiger partial charge in [-0.15, -0.1) is 0 Å². The first-order chi connectivity index (χ1) is 7.24. The van der Waals surface area contributed by atoms with Crippen LogP contribution < -0.4 is 5.32 Å². The van der Waals surface area contributed by atoms with Gasteiger partial charge >= 0.3 is 0 Å². The summed E-state index contributed by atoms with van der Waals surface area (Å²) in [7, 11) is 0. The highest BCUT2D eigenvalue weighted by Crippen LogP contribution is 2.27. The van der Waals surface area contributed by atoms with Gasteiger partial charge in [0.25, 0.3) is 0 Å². The Morgan fingerprint density at radius 2 is 2.27 bits per heavy atom. The van der Waals surface area contributed by atoms with Crippen molar-refractivity contribution in [3.63, 3.8) is 0 Å². The fraction of sp³-hybridized carbons (Fsp3) is 0.917. The molecule has 0 aromatic heterocycles. The summed E-state index contributed by atoms with van der Waals surface area (Å²) in [5.41, 5.74) is 0. The number of amidine groups is 1. The standard InChI is InChI=1S/C12H22N2S/c1-9(2)6-11-8-15-12(14-11)13-7-10-4-3-5-10/h9-11H,3-8H2,1-2H3,(H,13,14). The largest absolute Gasteiger partial charge is 0.361 e. The lowest BCUT2D eigenvalue weighted by Crippen LogP contribution is -2.28. The summed E-state index contributed by atoms with van der Waals surface area (Å²) in [6.07, 6.45) is 5.50. The van der Waals surface area contributed by atoms with E-state index in [4.69, 9.17) is 0 Å². The number of rotatable bonds is 4. The van der Waals surface area contributed by atoms with Crippen molar-refractivity contribution in [3.05, 3.63) is 0 Å². The van der Waals surface area contributed by atoms with Gasteiger partial charge in [-0.1, -0.05) is 32.0 Å². The molecule has 1 saturated heterocycles. The Balaban J connectivity index is 1.71. The maximum Gasteiger partial charge on any atom is 0.156 e. The van der Waals surface area contributed by atoms with Crippen molar-refractivity contribution in [2.75, 3.05) is 12.3 Å². The molecular formula is C12H22N2S. The molecule has 1 aliphatic carbocycles. The molecule has 3 heteroatoms. The van der Waals surface area contributed by atoms with Crippen LogP contribution in [0.1, 0.15) is 39.5 Å². The van der Waals surface area contributed by atoms with Gasteiger partial charge in [-0.3, -0.25) is 4.99 Å². The van der Waals surface area contributed by atoms with Gasteiger partial charge in [-0.05, 0) is 31.1 Å². The van der Waals surface area contributed by atoms with Crippen molar-refractivity contribution in [1.82, 2.24) is 5.32 Å². The van der Waals surface area contributed by atoms with Crippen LogP contribution in [-0.2, 0) is 0 Å². The highest BCUT2D eigenvalue weighted by Gasteiger charge is 2.22. The fourth-order valence-corrected chi connectivity index (χ4v) is 3.11. The highest BCUT2D eigenvalue weighted by atomic mass is 32.2. The van der Waals surface area contributed by atoms with Crippen LogP contribution in [-0.4, -0.2) is 23.5 Å². The highest BCUT2D eigenvalue weighted by molar-refractivity contribution is 8.14. The Hall–Kier alpha value is -0.180. The smallest absolute Gasteiger partial charge is 0.156 e. The monoisotopic (exact) mass is 226 g/mol. The molecule has 2 fully saturated rings. The Kier molecular flexibility index (Phi) is 3.95. The molecule has 1 heterocycles. The number of nitrogens with one attached hydrogen (secondary N) is 1. The molecule has 1 N–H and O–H groups in total. The molecule has 0 aromatic rings. The molecule has 0 amide bonds. The van der Waals surface area contributed by atoms with Crippen LogP contribution >= 0.6 is 11.8 Å². The number of aliphatic imine (C=N–C) groups is 1. The molecule has 1 unspecified atom stereocenters. The predicted octanol–water partition coefficient (Wildman–Crippen LogP) is 2.89. The molecule has 15 heavy (non-hydrogen) atoms. The van der Waals surface area contributed by atoms with E-state index in [0.29, 0.717) is 6.04 Å². The molecule has 0 radical (unpaired) electrons. The Bertz CT molecular complexity index is 234. The first kappa shape index (κ1) is 11.3. The minimum Gasteiger partial charge on any atom is -0.361 e. The van der Waals surface area contributed by atoms with Crippen molar-refractivity contribution in [3.8, 4) is 0 Å². The number of hydrogen-bond acceptors (Lipinski definition) is 2. The van der Waals surface area contributed by atoms with Gasteiger partial charge in [0.1, 0.15) is 0 Å². The normalized spacial score (nSPS) is 29.5. The summed E-state index contributed by atoms with van der Waals surface area (Å²) in [6, 6.07) is 0.662. The average Bonchev–Trinajstić information content (AvgIpc) is 2.48. The third kappa shape index (κ3) is 3.40. The maximum absolute atomic E-state index is 4.67. The van der Waals surface area contributed by atoms with Gasteiger partial charge in [0.05, 0.1) is 0 Å². The maximum atomic E-state index is 4.67. The van der Waals surface area contributed by atoms with Crippen LogP contribution in [0.25, 0.3) is 0 Å². The molecule has 2 aliphatic rings. The molecule has 1 atom stereocenters. The minimum atomic E-state index is 0.662. The minimum absolute atomic E-state index is 0.662. The first-order valence-corrected chi connectivity index (χ1v) is 7.16. The third-order valence-electron chi connectivity index (χ3n) is 3.22. The van der Waals surface area contributed by atoms with E-state index in [1.807, 2.05) is 11.8 Å². The second-order valence-corrected chi connectivity index (χ2v) is 6.23. The van der Waals surface area contributed by atoms with Gasteiger partial charge in [0, 0.05) is 18.3 Å². The zero-order chi connectivity index (χ0) is 10.7. The first-order valence-electron chi connectivity index (χ1n) is 6.18. The zero-order valence-electron chi connectivity index (χ0n) is 9.83. The van der Waals surface area contributed by atoms with Crippen molar-refractivity contribution >= 4 is 16.9 Å². The molecule has 86 valence electrons. The van der Waals surface area contributed by atoms with E-state index >= 15 is 0 Å². The number of hydrogen-bond donors (Lipinski definition) is 1. The van der Waals surface area contributed by atoms with Crippen molar-refractivity contribution in [2.24, 2.45) is 16.8 Å². The van der Waals surface area contributed by atoms with Crippen LogP contribution in [0.3, 0.4) is 0 Å². The number of thioether (sulfide) groups is 1. The average molecular weight is 226 g/mol. The molecule has 2 nitrogen and oxygen atoms in total.